The van der Waals surface area contributed by atoms with Crippen molar-refractivity contribution in [2.75, 3.05) is 17.8 Å². The van der Waals surface area contributed by atoms with E-state index in [1.807, 2.05) is 0 Å². The minimum absolute atomic E-state index is 0.173. The van der Waals surface area contributed by atoms with Crippen LogP contribution >= 0.6 is 0 Å². The van der Waals surface area contributed by atoms with Gasteiger partial charge in [-0.15, -0.1) is 6.42 Å². The molecule has 0 atom stereocenters. The van der Waals surface area contributed by atoms with Crippen LogP contribution in [0.25, 0.3) is 0 Å². The van der Waals surface area contributed by atoms with Gasteiger partial charge in [-0.2, -0.15) is 0 Å². The lowest BCUT2D eigenvalue weighted by atomic mass is 10.6. The van der Waals surface area contributed by atoms with Crippen molar-refractivity contribution in [3.8, 4) is 12.3 Å². The van der Waals surface area contributed by atoms with Crippen LogP contribution in [0.5, 0.6) is 0 Å². The van der Waals surface area contributed by atoms with Gasteiger partial charge in [-0.25, -0.2) is 15.4 Å². The zero-order valence-corrected chi connectivity index (χ0v) is 6.32. The summed E-state index contributed by atoms with van der Waals surface area (Å²) in [6.07, 6.45) is 7.81. The lowest BCUT2D eigenvalue weighted by Crippen LogP contribution is -2.03. The molecule has 5 nitrogen and oxygen atoms in total. The number of hydrogen-bond acceptors (Lipinski definition) is 5. The Kier molecular flexibility index (Phi) is 2.87. The Balaban J connectivity index is 2.43. The van der Waals surface area contributed by atoms with Crippen LogP contribution in [-0.2, 0) is 4.84 Å². The Morgan fingerprint density at radius 2 is 2.42 bits per heavy atom. The van der Waals surface area contributed by atoms with E-state index in [0.29, 0.717) is 11.6 Å². The number of nitrogens with two attached hydrogens (primary N) is 1. The number of rotatable bonds is 3. The average molecular weight is 164 g/mol. The Bertz CT molecular complexity index is 276. The molecule has 0 fully saturated rings. The first-order valence-electron chi connectivity index (χ1n) is 3.21. The molecule has 0 bridgehead atoms. The van der Waals surface area contributed by atoms with Crippen LogP contribution in [0.15, 0.2) is 12.4 Å². The summed E-state index contributed by atoms with van der Waals surface area (Å²) in [6.45, 7) is 0.173. The van der Waals surface area contributed by atoms with Crippen molar-refractivity contribution in [3.05, 3.63) is 12.4 Å². The molecule has 0 saturated heterocycles. The highest BCUT2D eigenvalue weighted by molar-refractivity contribution is 5.33. The van der Waals surface area contributed by atoms with Crippen LogP contribution in [0.1, 0.15) is 0 Å². The second kappa shape index (κ2) is 4.16. The molecule has 5 heteroatoms. The monoisotopic (exact) mass is 164 g/mol. The van der Waals surface area contributed by atoms with Gasteiger partial charge in [0.05, 0.1) is 12.4 Å². The lowest BCUT2D eigenvalue weighted by molar-refractivity contribution is 0.232. The molecule has 0 aliphatic carbocycles. The Morgan fingerprint density at radius 1 is 1.58 bits per heavy atom. The van der Waals surface area contributed by atoms with Crippen LogP contribution < -0.4 is 11.2 Å². The van der Waals surface area contributed by atoms with Crippen LogP contribution in [0, 0.1) is 12.3 Å². The van der Waals surface area contributed by atoms with Gasteiger partial charge >= 0.3 is 0 Å². The third-order valence-corrected chi connectivity index (χ3v) is 1.00. The van der Waals surface area contributed by atoms with E-state index in [2.05, 4.69) is 21.4 Å². The second-order valence-corrected chi connectivity index (χ2v) is 1.92. The molecule has 0 aromatic carbocycles. The van der Waals surface area contributed by atoms with E-state index in [1.54, 1.807) is 0 Å². The summed E-state index contributed by atoms with van der Waals surface area (Å²) in [5.74, 6) is 3.12. The van der Waals surface area contributed by atoms with Gasteiger partial charge in [-0.3, -0.25) is 4.84 Å². The first kappa shape index (κ1) is 8.30. The predicted molar refractivity (Wildman–Crippen MR) is 44.9 cm³/mol. The van der Waals surface area contributed by atoms with E-state index >= 15 is 0 Å². The van der Waals surface area contributed by atoms with Crippen molar-refractivity contribution in [2.45, 2.75) is 0 Å². The molecule has 0 aliphatic heterocycles. The number of terminal acetylenes is 1. The summed E-state index contributed by atoms with van der Waals surface area (Å²) in [7, 11) is 0. The molecule has 0 spiro atoms. The Hall–Kier alpha value is -1.80. The van der Waals surface area contributed by atoms with Gasteiger partial charge < -0.3 is 5.73 Å². The van der Waals surface area contributed by atoms with Crippen molar-refractivity contribution in [3.63, 3.8) is 0 Å². The Morgan fingerprint density at radius 3 is 3.00 bits per heavy atom. The van der Waals surface area contributed by atoms with E-state index in [-0.39, 0.29) is 6.61 Å². The van der Waals surface area contributed by atoms with E-state index in [4.69, 9.17) is 17.0 Å². The first-order valence-corrected chi connectivity index (χ1v) is 3.21. The van der Waals surface area contributed by atoms with E-state index in [0.717, 1.165) is 0 Å². The van der Waals surface area contributed by atoms with Crippen LogP contribution in [0.4, 0.5) is 11.6 Å². The normalized spacial score (nSPS) is 8.92. The Labute approximate surface area is 69.9 Å². The van der Waals surface area contributed by atoms with Gasteiger partial charge in [-0.1, -0.05) is 5.92 Å². The number of nitrogen functional groups attached to an aromatic ring is 1. The summed E-state index contributed by atoms with van der Waals surface area (Å²) in [5, 5.41) is 0. The molecule has 1 aromatic rings. The molecule has 0 aliphatic rings. The summed E-state index contributed by atoms with van der Waals surface area (Å²) in [6, 6.07) is 0. The highest BCUT2D eigenvalue weighted by Crippen LogP contribution is 2.00. The summed E-state index contributed by atoms with van der Waals surface area (Å²) < 4.78 is 0. The lowest BCUT2D eigenvalue weighted by Gasteiger charge is -2.01. The maximum absolute atomic E-state index is 5.31. The fourth-order valence-electron chi connectivity index (χ4n) is 0.542. The quantitative estimate of drug-likeness (QED) is 0.374. The summed E-state index contributed by atoms with van der Waals surface area (Å²) in [5.41, 5.74) is 7.81. The first-order chi connectivity index (χ1) is 5.83. The van der Waals surface area contributed by atoms with Gasteiger partial charge in [-0.05, 0) is 0 Å². The van der Waals surface area contributed by atoms with Crippen LogP contribution in [0.3, 0.4) is 0 Å². The number of nitrogens with one attached hydrogen (secondary N) is 1. The van der Waals surface area contributed by atoms with Crippen molar-refractivity contribution in [1.29, 1.82) is 0 Å². The summed E-state index contributed by atoms with van der Waals surface area (Å²) >= 11 is 0. The van der Waals surface area contributed by atoms with Gasteiger partial charge in [0.15, 0.2) is 5.82 Å². The van der Waals surface area contributed by atoms with Crippen LogP contribution in [-0.4, -0.2) is 16.6 Å². The molecular weight excluding hydrogens is 156 g/mol. The highest BCUT2D eigenvalue weighted by Gasteiger charge is 1.91. The highest BCUT2D eigenvalue weighted by atomic mass is 16.6. The van der Waals surface area contributed by atoms with Gasteiger partial charge in [0.2, 0.25) is 0 Å². The van der Waals surface area contributed by atoms with Gasteiger partial charge in [0.25, 0.3) is 0 Å². The number of anilines is 2. The smallest absolute Gasteiger partial charge is 0.168 e. The fourth-order valence-corrected chi connectivity index (χ4v) is 0.542. The molecule has 0 saturated carbocycles. The molecule has 1 aromatic heterocycles. The van der Waals surface area contributed by atoms with Crippen molar-refractivity contribution >= 4 is 11.6 Å². The largest absolute Gasteiger partial charge is 0.382 e. The third-order valence-electron chi connectivity index (χ3n) is 1.00. The topological polar surface area (TPSA) is 73.1 Å². The van der Waals surface area contributed by atoms with E-state index in [9.17, 15) is 0 Å². The fraction of sp³-hybridized carbons (Fsp3) is 0.143. The van der Waals surface area contributed by atoms with E-state index < -0.39 is 0 Å². The molecule has 0 amide bonds. The number of hydrogen-bond donors (Lipinski definition) is 2. The minimum atomic E-state index is 0.173. The van der Waals surface area contributed by atoms with Crippen molar-refractivity contribution < 1.29 is 4.84 Å². The van der Waals surface area contributed by atoms with Gasteiger partial charge in [0, 0.05) is 0 Å². The zero-order chi connectivity index (χ0) is 8.81. The predicted octanol–water partition coefficient (Wildman–Crippen LogP) is 0.0355. The maximum Gasteiger partial charge on any atom is 0.168 e. The molecular formula is C7H8N4O. The average Bonchev–Trinajstić information content (AvgIpc) is 2.09. The molecule has 1 heterocycles. The van der Waals surface area contributed by atoms with Gasteiger partial charge in [0.1, 0.15) is 12.4 Å². The minimum Gasteiger partial charge on any atom is -0.382 e. The number of aromatic nitrogens is 2. The van der Waals surface area contributed by atoms with E-state index in [1.165, 1.54) is 12.4 Å². The number of nitrogens with zero attached hydrogens (tertiary/aromatic N) is 2. The molecule has 3 N–H and O–H groups in total. The summed E-state index contributed by atoms with van der Waals surface area (Å²) in [4.78, 5) is 12.4. The standard InChI is InChI=1S/C7H8N4O/c1-2-3-12-11-7-5-9-6(8)4-10-7/h1,4-5H,3H2,(H2,8,9)(H,10,11). The van der Waals surface area contributed by atoms with Crippen molar-refractivity contribution in [2.24, 2.45) is 0 Å². The molecule has 0 unspecified atom stereocenters. The maximum atomic E-state index is 5.31. The zero-order valence-electron chi connectivity index (χ0n) is 6.32. The molecule has 0 radical (unpaired) electrons. The van der Waals surface area contributed by atoms with Crippen molar-refractivity contribution in [1.82, 2.24) is 9.97 Å². The SMILES string of the molecule is C#CCONc1cnc(N)cn1. The second-order valence-electron chi connectivity index (χ2n) is 1.92. The molecule has 12 heavy (non-hydrogen) atoms. The molecule has 62 valence electrons. The third kappa shape index (κ3) is 2.44. The van der Waals surface area contributed by atoms with Crippen LogP contribution in [0.2, 0.25) is 0 Å². The molecule has 1 rings (SSSR count).